The molecule has 1 heterocycles. The number of rotatable bonds is 3. The van der Waals surface area contributed by atoms with Crippen LogP contribution in [0.15, 0.2) is 42.5 Å². The fourth-order valence-electron chi connectivity index (χ4n) is 3.90. The van der Waals surface area contributed by atoms with E-state index >= 15 is 0 Å². The van der Waals surface area contributed by atoms with E-state index in [0.717, 1.165) is 30.5 Å². The van der Waals surface area contributed by atoms with Gasteiger partial charge in [-0.2, -0.15) is 0 Å². The summed E-state index contributed by atoms with van der Waals surface area (Å²) in [6.45, 7) is 10.2. The minimum absolute atomic E-state index is 0.0603. The van der Waals surface area contributed by atoms with E-state index < -0.39 is 0 Å². The van der Waals surface area contributed by atoms with Crippen molar-refractivity contribution < 1.29 is 4.79 Å². The lowest BCUT2D eigenvalue weighted by Gasteiger charge is -2.29. The highest BCUT2D eigenvalue weighted by molar-refractivity contribution is 6.42. The second-order valence-corrected chi connectivity index (χ2v) is 9.38. The van der Waals surface area contributed by atoms with Crippen LogP contribution in [0.3, 0.4) is 0 Å². The Morgan fingerprint density at radius 3 is 2.30 bits per heavy atom. The van der Waals surface area contributed by atoms with E-state index in [9.17, 15) is 4.79 Å². The third kappa shape index (κ3) is 4.02. The van der Waals surface area contributed by atoms with Crippen molar-refractivity contribution in [2.45, 2.75) is 51.4 Å². The van der Waals surface area contributed by atoms with Crippen LogP contribution in [0.4, 0.5) is 0 Å². The molecular weight excluding hydrogens is 377 g/mol. The van der Waals surface area contributed by atoms with Crippen LogP contribution < -0.4 is 0 Å². The Hall–Kier alpha value is -1.51. The van der Waals surface area contributed by atoms with E-state index in [0.29, 0.717) is 16.6 Å². The molecule has 27 heavy (non-hydrogen) atoms. The van der Waals surface area contributed by atoms with Gasteiger partial charge in [0.2, 0.25) is 0 Å². The molecule has 1 fully saturated rings. The highest BCUT2D eigenvalue weighted by Crippen LogP contribution is 2.40. The number of carbonyl (C=O) groups excluding carboxylic acids is 1. The van der Waals surface area contributed by atoms with Crippen molar-refractivity contribution in [3.8, 4) is 0 Å². The quantitative estimate of drug-likeness (QED) is 0.573. The fraction of sp³-hybridized carbons (Fsp3) is 0.435. The molecule has 2 aromatic carbocycles. The molecule has 1 unspecified atom stereocenters. The van der Waals surface area contributed by atoms with Gasteiger partial charge in [-0.05, 0) is 53.6 Å². The molecule has 0 spiro atoms. The van der Waals surface area contributed by atoms with Gasteiger partial charge in [0.05, 0.1) is 10.0 Å². The van der Waals surface area contributed by atoms with Crippen molar-refractivity contribution in [1.29, 1.82) is 0 Å². The van der Waals surface area contributed by atoms with Gasteiger partial charge >= 0.3 is 0 Å². The Morgan fingerprint density at radius 2 is 1.74 bits per heavy atom. The largest absolute Gasteiger partial charge is 0.338 e. The minimum Gasteiger partial charge on any atom is -0.338 e. The first-order valence-corrected chi connectivity index (χ1v) is 10.3. The zero-order valence-corrected chi connectivity index (χ0v) is 18.0. The van der Waals surface area contributed by atoms with Crippen LogP contribution in [0.25, 0.3) is 0 Å². The Balaban J connectivity index is 1.81. The number of likely N-dealkylation sites (tertiary alicyclic amines) is 1. The molecule has 2 aromatic rings. The highest BCUT2D eigenvalue weighted by Gasteiger charge is 2.40. The smallest absolute Gasteiger partial charge is 0.253 e. The molecular formula is C23H27Cl2NO. The lowest BCUT2D eigenvalue weighted by Crippen LogP contribution is -2.34. The van der Waals surface area contributed by atoms with E-state index in [4.69, 9.17) is 23.2 Å². The van der Waals surface area contributed by atoms with Gasteiger partial charge in [0.15, 0.2) is 0 Å². The van der Waals surface area contributed by atoms with Crippen LogP contribution in [0.5, 0.6) is 0 Å². The number of hydrogen-bond acceptors (Lipinski definition) is 1. The molecule has 0 saturated carbocycles. The summed E-state index contributed by atoms with van der Waals surface area (Å²) in [6, 6.07) is 13.9. The number of carbonyl (C=O) groups is 1. The number of benzene rings is 2. The van der Waals surface area contributed by atoms with E-state index in [1.165, 1.54) is 5.56 Å². The Bertz CT molecular complexity index is 838. The van der Waals surface area contributed by atoms with Crippen LogP contribution in [0.1, 0.15) is 62.0 Å². The average molecular weight is 404 g/mol. The molecule has 0 aromatic heterocycles. The molecule has 144 valence electrons. The zero-order valence-electron chi connectivity index (χ0n) is 16.5. The van der Waals surface area contributed by atoms with Gasteiger partial charge in [-0.15, -0.1) is 0 Å². The molecule has 1 atom stereocenters. The summed E-state index contributed by atoms with van der Waals surface area (Å²) >= 11 is 12.3. The number of halogens is 2. The predicted octanol–water partition coefficient (Wildman–Crippen LogP) is 6.48. The molecule has 1 aliphatic rings. The van der Waals surface area contributed by atoms with Crippen molar-refractivity contribution in [2.75, 3.05) is 13.1 Å². The van der Waals surface area contributed by atoms with E-state index in [1.54, 1.807) is 0 Å². The zero-order chi connectivity index (χ0) is 19.8. The van der Waals surface area contributed by atoms with Crippen molar-refractivity contribution in [1.82, 2.24) is 4.90 Å². The first-order chi connectivity index (χ1) is 12.7. The Morgan fingerprint density at radius 1 is 1.07 bits per heavy atom. The summed E-state index contributed by atoms with van der Waals surface area (Å²) in [5.74, 6) is 0.103. The van der Waals surface area contributed by atoms with Crippen molar-refractivity contribution >= 4 is 29.1 Å². The summed E-state index contributed by atoms with van der Waals surface area (Å²) in [7, 11) is 0. The second-order valence-electron chi connectivity index (χ2n) is 8.57. The molecule has 0 aliphatic carbocycles. The van der Waals surface area contributed by atoms with Gasteiger partial charge in [0, 0.05) is 24.1 Å². The predicted molar refractivity (Wildman–Crippen MR) is 114 cm³/mol. The molecule has 2 nitrogen and oxygen atoms in total. The van der Waals surface area contributed by atoms with Gasteiger partial charge in [-0.3, -0.25) is 4.79 Å². The third-order valence-electron chi connectivity index (χ3n) is 5.85. The molecule has 1 aliphatic heterocycles. The second kappa shape index (κ2) is 7.48. The average Bonchev–Trinajstić information content (AvgIpc) is 3.08. The minimum atomic E-state index is -0.0603. The summed E-state index contributed by atoms with van der Waals surface area (Å²) < 4.78 is 0. The Kier molecular flexibility index (Phi) is 5.61. The molecule has 0 N–H and O–H groups in total. The molecule has 3 rings (SSSR count). The van der Waals surface area contributed by atoms with Crippen LogP contribution >= 0.6 is 23.2 Å². The monoisotopic (exact) mass is 403 g/mol. The van der Waals surface area contributed by atoms with Gasteiger partial charge in [-0.25, -0.2) is 0 Å². The van der Waals surface area contributed by atoms with Crippen LogP contribution in [-0.2, 0) is 10.8 Å². The topological polar surface area (TPSA) is 20.3 Å². The summed E-state index contributed by atoms with van der Waals surface area (Å²) in [5, 5.41) is 1.14. The van der Waals surface area contributed by atoms with Gasteiger partial charge in [-0.1, -0.05) is 69.1 Å². The maximum atomic E-state index is 13.0. The fourth-order valence-corrected chi connectivity index (χ4v) is 4.19. The lowest BCUT2D eigenvalue weighted by molar-refractivity contribution is 0.0783. The molecule has 1 amide bonds. The Labute approximate surface area is 172 Å². The molecule has 0 radical (unpaired) electrons. The van der Waals surface area contributed by atoms with Gasteiger partial charge in [0.1, 0.15) is 0 Å². The lowest BCUT2D eigenvalue weighted by atomic mass is 9.77. The van der Waals surface area contributed by atoms with Crippen molar-refractivity contribution in [3.63, 3.8) is 0 Å². The van der Waals surface area contributed by atoms with Crippen molar-refractivity contribution in [3.05, 3.63) is 69.2 Å². The highest BCUT2D eigenvalue weighted by atomic mass is 35.5. The maximum absolute atomic E-state index is 13.0. The molecule has 1 saturated heterocycles. The first-order valence-electron chi connectivity index (χ1n) is 9.52. The first kappa shape index (κ1) is 20.2. The summed E-state index contributed by atoms with van der Waals surface area (Å²) in [5.41, 5.74) is 3.18. The third-order valence-corrected chi connectivity index (χ3v) is 6.59. The SMILES string of the molecule is CCC1(c2ccc(Cl)c(Cl)c2)CCN(C(=O)c2ccc(C(C)(C)C)cc2)C1. The van der Waals surface area contributed by atoms with E-state index in [2.05, 4.69) is 39.8 Å². The standard InChI is InChI=1S/C23H27Cl2NO/c1-5-23(18-10-11-19(24)20(25)14-18)12-13-26(15-23)21(27)16-6-8-17(9-7-16)22(2,3)4/h6-11,14H,5,12-13,15H2,1-4H3. The van der Waals surface area contributed by atoms with Crippen molar-refractivity contribution in [2.24, 2.45) is 0 Å². The summed E-state index contributed by atoms with van der Waals surface area (Å²) in [4.78, 5) is 15.0. The normalized spacial score (nSPS) is 20.1. The number of hydrogen-bond donors (Lipinski definition) is 0. The summed E-state index contributed by atoms with van der Waals surface area (Å²) in [6.07, 6.45) is 1.89. The number of amides is 1. The van der Waals surface area contributed by atoms with Crippen LogP contribution in [0, 0.1) is 0 Å². The van der Waals surface area contributed by atoms with Gasteiger partial charge in [0.25, 0.3) is 5.91 Å². The van der Waals surface area contributed by atoms with E-state index in [1.807, 2.05) is 35.2 Å². The molecule has 4 heteroatoms. The van der Waals surface area contributed by atoms with Gasteiger partial charge < -0.3 is 4.90 Å². The van der Waals surface area contributed by atoms with E-state index in [-0.39, 0.29) is 16.7 Å². The van der Waals surface area contributed by atoms with Crippen LogP contribution in [-0.4, -0.2) is 23.9 Å². The van der Waals surface area contributed by atoms with Crippen LogP contribution in [0.2, 0.25) is 10.0 Å². The maximum Gasteiger partial charge on any atom is 0.253 e. The molecule has 0 bridgehead atoms. The number of nitrogens with zero attached hydrogens (tertiary/aromatic N) is 1.